The van der Waals surface area contributed by atoms with Crippen molar-refractivity contribution in [2.24, 2.45) is 5.92 Å². The minimum atomic E-state index is 0.100. The van der Waals surface area contributed by atoms with Gasteiger partial charge in [0.15, 0.2) is 0 Å². The molecule has 5 heteroatoms. The molecule has 2 amide bonds. The predicted octanol–water partition coefficient (Wildman–Crippen LogP) is 0.845. The molecule has 114 valence electrons. The zero-order valence-electron chi connectivity index (χ0n) is 12.7. The van der Waals surface area contributed by atoms with E-state index in [1.54, 1.807) is 9.80 Å². The molecule has 2 aliphatic rings. The van der Waals surface area contributed by atoms with E-state index in [9.17, 15) is 9.59 Å². The maximum atomic E-state index is 12.1. The number of hydrogen-bond acceptors (Lipinski definition) is 3. The van der Waals surface area contributed by atoms with Gasteiger partial charge in [0.2, 0.25) is 11.8 Å². The molecule has 5 nitrogen and oxygen atoms in total. The van der Waals surface area contributed by atoms with Crippen molar-refractivity contribution in [1.29, 1.82) is 0 Å². The van der Waals surface area contributed by atoms with Gasteiger partial charge in [0.1, 0.15) is 0 Å². The van der Waals surface area contributed by atoms with Crippen molar-refractivity contribution in [3.63, 3.8) is 0 Å². The number of rotatable bonds is 6. The molecule has 1 aliphatic heterocycles. The Morgan fingerprint density at radius 1 is 1.10 bits per heavy atom. The van der Waals surface area contributed by atoms with Gasteiger partial charge in [0, 0.05) is 19.1 Å². The lowest BCUT2D eigenvalue weighted by atomic mass is 9.99. The summed E-state index contributed by atoms with van der Waals surface area (Å²) in [5, 5.41) is 3.37. The van der Waals surface area contributed by atoms with Gasteiger partial charge in [0.05, 0.1) is 13.1 Å². The van der Waals surface area contributed by atoms with Crippen molar-refractivity contribution >= 4 is 11.8 Å². The van der Waals surface area contributed by atoms with Crippen LogP contribution in [0.5, 0.6) is 0 Å². The molecule has 1 heterocycles. The van der Waals surface area contributed by atoms with E-state index < -0.39 is 0 Å². The fourth-order valence-corrected chi connectivity index (χ4v) is 3.46. The lowest BCUT2D eigenvalue weighted by Crippen LogP contribution is -2.54. The first-order valence-electron chi connectivity index (χ1n) is 7.88. The van der Waals surface area contributed by atoms with Gasteiger partial charge in [-0.25, -0.2) is 0 Å². The van der Waals surface area contributed by atoms with Crippen LogP contribution in [0.4, 0.5) is 0 Å². The van der Waals surface area contributed by atoms with Gasteiger partial charge in [-0.1, -0.05) is 13.3 Å². The molecule has 1 aliphatic carbocycles. The highest BCUT2D eigenvalue weighted by atomic mass is 16.2. The van der Waals surface area contributed by atoms with Crippen LogP contribution in [0.3, 0.4) is 0 Å². The van der Waals surface area contributed by atoms with Crippen LogP contribution < -0.4 is 5.32 Å². The van der Waals surface area contributed by atoms with Crippen molar-refractivity contribution < 1.29 is 9.59 Å². The Morgan fingerprint density at radius 3 is 2.35 bits per heavy atom. The third-order valence-corrected chi connectivity index (χ3v) is 4.65. The Labute approximate surface area is 121 Å². The maximum Gasteiger partial charge on any atom is 0.242 e. The zero-order valence-corrected chi connectivity index (χ0v) is 12.7. The van der Waals surface area contributed by atoms with Crippen LogP contribution >= 0.6 is 0 Å². The van der Waals surface area contributed by atoms with Crippen LogP contribution in [-0.2, 0) is 9.59 Å². The van der Waals surface area contributed by atoms with Crippen molar-refractivity contribution in [2.75, 3.05) is 33.2 Å². The third-order valence-electron chi connectivity index (χ3n) is 4.65. The molecule has 1 saturated heterocycles. The second-order valence-corrected chi connectivity index (χ2v) is 6.01. The third kappa shape index (κ3) is 3.51. The molecule has 0 aromatic heterocycles. The van der Waals surface area contributed by atoms with Crippen LogP contribution in [0.25, 0.3) is 0 Å². The summed E-state index contributed by atoms with van der Waals surface area (Å²) in [5.41, 5.74) is 0. The van der Waals surface area contributed by atoms with Gasteiger partial charge in [-0.15, -0.1) is 0 Å². The average Bonchev–Trinajstić information content (AvgIpc) is 2.88. The van der Waals surface area contributed by atoms with Crippen molar-refractivity contribution in [3.05, 3.63) is 0 Å². The van der Waals surface area contributed by atoms with Gasteiger partial charge in [-0.2, -0.15) is 0 Å². The zero-order chi connectivity index (χ0) is 14.5. The Bertz CT molecular complexity index is 359. The minimum Gasteiger partial charge on any atom is -0.332 e. The van der Waals surface area contributed by atoms with Gasteiger partial charge >= 0.3 is 0 Å². The molecule has 1 saturated carbocycles. The van der Waals surface area contributed by atoms with Gasteiger partial charge in [0.25, 0.3) is 0 Å². The summed E-state index contributed by atoms with van der Waals surface area (Å²) >= 11 is 0. The Balaban J connectivity index is 1.81. The van der Waals surface area contributed by atoms with E-state index in [0.717, 1.165) is 19.4 Å². The summed E-state index contributed by atoms with van der Waals surface area (Å²) in [6.45, 7) is 4.00. The number of hydrogen-bond donors (Lipinski definition) is 1. The van der Waals surface area contributed by atoms with Crippen molar-refractivity contribution in [1.82, 2.24) is 15.1 Å². The van der Waals surface area contributed by atoms with E-state index in [2.05, 4.69) is 5.32 Å². The Hall–Kier alpha value is -1.10. The highest BCUT2D eigenvalue weighted by Crippen LogP contribution is 2.28. The number of piperazine rings is 1. The van der Waals surface area contributed by atoms with Gasteiger partial charge in [-0.3, -0.25) is 9.59 Å². The average molecular weight is 281 g/mol. The second-order valence-electron chi connectivity index (χ2n) is 6.01. The predicted molar refractivity (Wildman–Crippen MR) is 78.3 cm³/mol. The first kappa shape index (κ1) is 15.3. The molecule has 0 spiro atoms. The van der Waals surface area contributed by atoms with Crippen LogP contribution in [0.15, 0.2) is 0 Å². The highest BCUT2D eigenvalue weighted by Gasteiger charge is 2.31. The molecule has 2 atom stereocenters. The monoisotopic (exact) mass is 281 g/mol. The summed E-state index contributed by atoms with van der Waals surface area (Å²) in [7, 11) is 2.02. The molecule has 20 heavy (non-hydrogen) atoms. The quantitative estimate of drug-likeness (QED) is 0.785. The van der Waals surface area contributed by atoms with Gasteiger partial charge < -0.3 is 15.1 Å². The Kier molecular flexibility index (Phi) is 5.40. The molecule has 0 radical (unpaired) electrons. The fraction of sp³-hybridized carbons (Fsp3) is 0.867. The maximum absolute atomic E-state index is 12.1. The number of carbonyl (C=O) groups excluding carboxylic acids is 2. The molecule has 0 aromatic rings. The summed E-state index contributed by atoms with van der Waals surface area (Å²) < 4.78 is 0. The number of nitrogens with zero attached hydrogens (tertiary/aromatic N) is 2. The molecule has 1 N–H and O–H groups in total. The van der Waals surface area contributed by atoms with E-state index >= 15 is 0 Å². The SMILES string of the molecule is CCCN1CC(=O)N(CCC2CCCC2NC)CC1=O. The van der Waals surface area contributed by atoms with Gasteiger partial charge in [-0.05, 0) is 38.6 Å². The van der Waals surface area contributed by atoms with E-state index in [-0.39, 0.29) is 24.9 Å². The highest BCUT2D eigenvalue weighted by molar-refractivity contribution is 5.92. The lowest BCUT2D eigenvalue weighted by Gasteiger charge is -2.34. The normalized spacial score (nSPS) is 27.5. The first-order chi connectivity index (χ1) is 9.65. The van der Waals surface area contributed by atoms with Crippen LogP contribution in [-0.4, -0.2) is 60.9 Å². The number of carbonyl (C=O) groups is 2. The standard InChI is InChI=1S/C15H27N3O2/c1-3-8-17-10-15(20)18(11-14(17)19)9-7-12-5-4-6-13(12)16-2/h12-13,16H,3-11H2,1-2H3. The summed E-state index contributed by atoms with van der Waals surface area (Å²) in [5.74, 6) is 0.858. The van der Waals surface area contributed by atoms with E-state index in [1.807, 2.05) is 14.0 Å². The Morgan fingerprint density at radius 2 is 1.75 bits per heavy atom. The number of nitrogens with one attached hydrogen (secondary N) is 1. The number of amides is 2. The van der Waals surface area contributed by atoms with Crippen LogP contribution in [0.2, 0.25) is 0 Å². The largest absolute Gasteiger partial charge is 0.332 e. The van der Waals surface area contributed by atoms with Crippen molar-refractivity contribution in [2.45, 2.75) is 45.1 Å². The summed E-state index contributed by atoms with van der Waals surface area (Å²) in [6, 6.07) is 0.585. The molecule has 0 bridgehead atoms. The summed E-state index contributed by atoms with van der Waals surface area (Å²) in [6.07, 6.45) is 5.67. The second kappa shape index (κ2) is 7.07. The molecule has 2 fully saturated rings. The first-order valence-corrected chi connectivity index (χ1v) is 7.88. The smallest absolute Gasteiger partial charge is 0.242 e. The minimum absolute atomic E-state index is 0.100. The molecular formula is C15H27N3O2. The molecule has 2 rings (SSSR count). The van der Waals surface area contributed by atoms with E-state index in [1.165, 1.54) is 19.3 Å². The lowest BCUT2D eigenvalue weighted by molar-refractivity contribution is -0.150. The van der Waals surface area contributed by atoms with Crippen LogP contribution in [0, 0.1) is 5.92 Å². The molecule has 0 aromatic carbocycles. The van der Waals surface area contributed by atoms with Crippen molar-refractivity contribution in [3.8, 4) is 0 Å². The van der Waals surface area contributed by atoms with E-state index in [4.69, 9.17) is 0 Å². The van der Waals surface area contributed by atoms with E-state index in [0.29, 0.717) is 18.5 Å². The fourth-order valence-electron chi connectivity index (χ4n) is 3.46. The molecular weight excluding hydrogens is 254 g/mol. The van der Waals surface area contributed by atoms with Crippen LogP contribution in [0.1, 0.15) is 39.0 Å². The summed E-state index contributed by atoms with van der Waals surface area (Å²) in [4.78, 5) is 27.5. The topological polar surface area (TPSA) is 52.7 Å². The molecule has 2 unspecified atom stereocenters.